The van der Waals surface area contributed by atoms with E-state index in [0.29, 0.717) is 18.8 Å². The van der Waals surface area contributed by atoms with Crippen molar-refractivity contribution in [3.05, 3.63) is 35.9 Å². The van der Waals surface area contributed by atoms with Gasteiger partial charge in [-0.3, -0.25) is 5.10 Å². The van der Waals surface area contributed by atoms with Crippen molar-refractivity contribution in [1.29, 1.82) is 0 Å². The second kappa shape index (κ2) is 5.29. The van der Waals surface area contributed by atoms with E-state index < -0.39 is 0 Å². The molecule has 6 heteroatoms. The second-order valence-corrected chi connectivity index (χ2v) is 3.55. The molecule has 1 aromatic carbocycles. The smallest absolute Gasteiger partial charge is 0.239 e. The Hall–Kier alpha value is -2.11. The normalized spacial score (nSPS) is 10.4. The van der Waals surface area contributed by atoms with Gasteiger partial charge in [-0.25, -0.2) is 4.39 Å². The van der Waals surface area contributed by atoms with Gasteiger partial charge < -0.3 is 10.5 Å². The Bertz CT molecular complexity index is 469. The number of nitrogens with zero attached hydrogens (tertiary/aromatic N) is 2. The fraction of sp³-hybridized carbons (Fsp3) is 0.273. The van der Waals surface area contributed by atoms with Crippen LogP contribution in [0.3, 0.4) is 0 Å². The van der Waals surface area contributed by atoms with Crippen molar-refractivity contribution in [3.63, 3.8) is 0 Å². The van der Waals surface area contributed by atoms with E-state index in [1.807, 2.05) is 0 Å². The summed E-state index contributed by atoms with van der Waals surface area (Å²) < 4.78 is 18.0. The first-order valence-corrected chi connectivity index (χ1v) is 5.29. The average molecular weight is 236 g/mol. The van der Waals surface area contributed by atoms with Crippen LogP contribution in [-0.4, -0.2) is 21.8 Å². The number of nitrogen functional groups attached to an aromatic ring is 1. The Morgan fingerprint density at radius 1 is 1.29 bits per heavy atom. The number of nitrogens with two attached hydrogens (primary N) is 1. The molecule has 0 spiro atoms. The number of hydrogen-bond donors (Lipinski definition) is 2. The number of aromatic nitrogens is 3. The summed E-state index contributed by atoms with van der Waals surface area (Å²) in [5, 5.41) is 6.44. The summed E-state index contributed by atoms with van der Waals surface area (Å²) in [7, 11) is 0. The molecule has 0 aliphatic carbocycles. The van der Waals surface area contributed by atoms with Gasteiger partial charge in [0.2, 0.25) is 5.95 Å². The van der Waals surface area contributed by atoms with Crippen LogP contribution in [0.5, 0.6) is 5.75 Å². The molecule has 0 fully saturated rings. The van der Waals surface area contributed by atoms with E-state index in [1.165, 1.54) is 12.1 Å². The molecule has 0 aliphatic rings. The van der Waals surface area contributed by atoms with Crippen LogP contribution in [0, 0.1) is 5.82 Å². The van der Waals surface area contributed by atoms with E-state index in [4.69, 9.17) is 10.5 Å². The van der Waals surface area contributed by atoms with Crippen LogP contribution in [0.25, 0.3) is 0 Å². The third-order valence-electron chi connectivity index (χ3n) is 2.19. The zero-order chi connectivity index (χ0) is 12.1. The molecule has 3 N–H and O–H groups in total. The first-order chi connectivity index (χ1) is 8.24. The quantitative estimate of drug-likeness (QED) is 0.772. The predicted molar refractivity (Wildman–Crippen MR) is 61.0 cm³/mol. The Morgan fingerprint density at radius 3 is 2.71 bits per heavy atom. The van der Waals surface area contributed by atoms with Crippen molar-refractivity contribution >= 4 is 5.95 Å². The third-order valence-corrected chi connectivity index (χ3v) is 2.19. The summed E-state index contributed by atoms with van der Waals surface area (Å²) in [6.45, 7) is 0.534. The van der Waals surface area contributed by atoms with Gasteiger partial charge in [0.05, 0.1) is 6.61 Å². The maximum Gasteiger partial charge on any atom is 0.239 e. The van der Waals surface area contributed by atoms with Crippen LogP contribution in [-0.2, 0) is 6.42 Å². The largest absolute Gasteiger partial charge is 0.494 e. The monoisotopic (exact) mass is 236 g/mol. The Balaban J connectivity index is 1.71. The van der Waals surface area contributed by atoms with E-state index >= 15 is 0 Å². The van der Waals surface area contributed by atoms with Gasteiger partial charge in [0.25, 0.3) is 0 Å². The van der Waals surface area contributed by atoms with Gasteiger partial charge in [-0.1, -0.05) is 0 Å². The zero-order valence-corrected chi connectivity index (χ0v) is 9.19. The van der Waals surface area contributed by atoms with E-state index in [2.05, 4.69) is 15.2 Å². The van der Waals surface area contributed by atoms with Gasteiger partial charge in [0.1, 0.15) is 17.4 Å². The van der Waals surface area contributed by atoms with Gasteiger partial charge in [-0.05, 0) is 30.7 Å². The number of nitrogens with one attached hydrogen (secondary N) is 1. The zero-order valence-electron chi connectivity index (χ0n) is 9.19. The minimum Gasteiger partial charge on any atom is -0.494 e. The standard InChI is InChI=1S/C11H13FN4O/c12-8-3-5-9(6-4-8)17-7-1-2-10-14-11(13)16-15-10/h3-6H,1-2,7H2,(H3,13,14,15,16). The SMILES string of the molecule is Nc1n[nH]c(CCCOc2ccc(F)cc2)n1. The lowest BCUT2D eigenvalue weighted by Crippen LogP contribution is -2.00. The van der Waals surface area contributed by atoms with Crippen molar-refractivity contribution in [3.8, 4) is 5.75 Å². The molecular weight excluding hydrogens is 223 g/mol. The van der Waals surface area contributed by atoms with Gasteiger partial charge in [-0.15, -0.1) is 5.10 Å². The fourth-order valence-corrected chi connectivity index (χ4v) is 1.38. The maximum atomic E-state index is 12.6. The number of aromatic amines is 1. The third kappa shape index (κ3) is 3.44. The highest BCUT2D eigenvalue weighted by Gasteiger charge is 2.00. The highest BCUT2D eigenvalue weighted by atomic mass is 19.1. The first-order valence-electron chi connectivity index (χ1n) is 5.29. The molecule has 1 aromatic heterocycles. The van der Waals surface area contributed by atoms with Crippen LogP contribution in [0.15, 0.2) is 24.3 Å². The summed E-state index contributed by atoms with van der Waals surface area (Å²) >= 11 is 0. The fourth-order valence-electron chi connectivity index (χ4n) is 1.38. The number of halogens is 1. The number of aryl methyl sites for hydroxylation is 1. The van der Waals surface area contributed by atoms with Gasteiger partial charge in [0, 0.05) is 6.42 Å². The van der Waals surface area contributed by atoms with E-state index in [9.17, 15) is 4.39 Å². The van der Waals surface area contributed by atoms with Crippen molar-refractivity contribution in [1.82, 2.24) is 15.2 Å². The molecule has 0 radical (unpaired) electrons. The number of ether oxygens (including phenoxy) is 1. The Morgan fingerprint density at radius 2 is 2.06 bits per heavy atom. The molecule has 2 aromatic rings. The molecule has 5 nitrogen and oxygen atoms in total. The van der Waals surface area contributed by atoms with Crippen molar-refractivity contribution in [2.24, 2.45) is 0 Å². The highest BCUT2D eigenvalue weighted by Crippen LogP contribution is 2.11. The number of anilines is 1. The van der Waals surface area contributed by atoms with Crippen LogP contribution in [0.2, 0.25) is 0 Å². The Labute approximate surface area is 97.8 Å². The molecule has 0 atom stereocenters. The molecule has 1 heterocycles. The molecule has 2 rings (SSSR count). The minimum absolute atomic E-state index is 0.249. The summed E-state index contributed by atoms with van der Waals surface area (Å²) in [6.07, 6.45) is 1.50. The van der Waals surface area contributed by atoms with Gasteiger partial charge in [-0.2, -0.15) is 4.98 Å². The van der Waals surface area contributed by atoms with Crippen molar-refractivity contribution in [2.75, 3.05) is 12.3 Å². The van der Waals surface area contributed by atoms with Crippen molar-refractivity contribution < 1.29 is 9.13 Å². The number of H-pyrrole nitrogens is 1. The summed E-state index contributed by atoms with van der Waals surface area (Å²) in [6, 6.07) is 5.93. The molecular formula is C11H13FN4O. The van der Waals surface area contributed by atoms with E-state index in [0.717, 1.165) is 12.2 Å². The summed E-state index contributed by atoms with van der Waals surface area (Å²) in [4.78, 5) is 3.97. The van der Waals surface area contributed by atoms with E-state index in [1.54, 1.807) is 12.1 Å². The lowest BCUT2D eigenvalue weighted by Gasteiger charge is -2.04. The first kappa shape index (κ1) is 11.4. The molecule has 0 saturated carbocycles. The molecule has 0 saturated heterocycles. The number of benzene rings is 1. The topological polar surface area (TPSA) is 76.8 Å². The lowest BCUT2D eigenvalue weighted by atomic mass is 10.3. The molecule has 0 aliphatic heterocycles. The second-order valence-electron chi connectivity index (χ2n) is 3.55. The van der Waals surface area contributed by atoms with E-state index in [-0.39, 0.29) is 11.8 Å². The summed E-state index contributed by atoms with van der Waals surface area (Å²) in [5.41, 5.74) is 5.37. The maximum absolute atomic E-state index is 12.6. The number of rotatable bonds is 5. The van der Waals surface area contributed by atoms with Crippen LogP contribution >= 0.6 is 0 Å². The average Bonchev–Trinajstić information content (AvgIpc) is 2.73. The minimum atomic E-state index is -0.269. The van der Waals surface area contributed by atoms with Crippen LogP contribution < -0.4 is 10.5 Å². The molecule has 90 valence electrons. The van der Waals surface area contributed by atoms with Crippen LogP contribution in [0.4, 0.5) is 10.3 Å². The van der Waals surface area contributed by atoms with Crippen LogP contribution in [0.1, 0.15) is 12.2 Å². The van der Waals surface area contributed by atoms with Gasteiger partial charge in [0.15, 0.2) is 0 Å². The summed E-state index contributed by atoms with van der Waals surface area (Å²) in [5.74, 6) is 1.38. The molecule has 17 heavy (non-hydrogen) atoms. The number of hydrogen-bond acceptors (Lipinski definition) is 4. The highest BCUT2D eigenvalue weighted by molar-refractivity contribution is 5.22. The van der Waals surface area contributed by atoms with Gasteiger partial charge >= 0.3 is 0 Å². The molecule has 0 unspecified atom stereocenters. The Kier molecular flexibility index (Phi) is 3.54. The lowest BCUT2D eigenvalue weighted by molar-refractivity contribution is 0.309. The van der Waals surface area contributed by atoms with Crippen molar-refractivity contribution in [2.45, 2.75) is 12.8 Å². The predicted octanol–water partition coefficient (Wildman–Crippen LogP) is 1.54. The molecule has 0 amide bonds. The molecule has 0 bridgehead atoms.